The smallest absolute Gasteiger partial charge is 0.313 e. The van der Waals surface area contributed by atoms with E-state index in [0.717, 1.165) is 11.3 Å². The van der Waals surface area contributed by atoms with Crippen LogP contribution in [0.5, 0.6) is 0 Å². The predicted molar refractivity (Wildman–Crippen MR) is 112 cm³/mol. The number of hydrogen-bond donors (Lipinski definition) is 2. The summed E-state index contributed by atoms with van der Waals surface area (Å²) in [7, 11) is 0. The number of carbonyl (C=O) groups excluding carboxylic acids is 2. The van der Waals surface area contributed by atoms with Crippen LogP contribution in [0.4, 0.5) is 15.8 Å². The lowest BCUT2D eigenvalue weighted by atomic mass is 10.1. The molecule has 0 atom stereocenters. The molecular formula is C21H21FN6O3. The number of aromatic nitrogens is 2. The number of amidine groups is 1. The van der Waals surface area contributed by atoms with Gasteiger partial charge in [0.1, 0.15) is 24.5 Å². The predicted octanol–water partition coefficient (Wildman–Crippen LogP) is 1.70. The molecule has 1 amide bonds. The van der Waals surface area contributed by atoms with Crippen molar-refractivity contribution in [3.8, 4) is 0 Å². The monoisotopic (exact) mass is 424 g/mol. The molecular weight excluding hydrogens is 403 g/mol. The lowest BCUT2D eigenvalue weighted by Gasteiger charge is -2.36. The maximum atomic E-state index is 15.0. The number of pyridine rings is 1. The number of halogens is 1. The lowest BCUT2D eigenvalue weighted by Crippen LogP contribution is -2.51. The Labute approximate surface area is 177 Å². The molecule has 3 heterocycles. The highest BCUT2D eigenvalue weighted by Crippen LogP contribution is 2.26. The van der Waals surface area contributed by atoms with Gasteiger partial charge in [-0.25, -0.2) is 9.37 Å². The van der Waals surface area contributed by atoms with Gasteiger partial charge < -0.3 is 24.7 Å². The van der Waals surface area contributed by atoms with E-state index in [9.17, 15) is 9.59 Å². The SMILES string of the molecule is N=C(N)CC(=O)OCc1cccc(N2CCN(c3ccn4ccnc4c3)C(=O)C2)c1F. The fourth-order valence-corrected chi connectivity index (χ4v) is 3.51. The first-order valence-electron chi connectivity index (χ1n) is 9.66. The Hall–Kier alpha value is -3.95. The zero-order valence-electron chi connectivity index (χ0n) is 16.6. The van der Waals surface area contributed by atoms with E-state index in [4.69, 9.17) is 15.9 Å². The van der Waals surface area contributed by atoms with Gasteiger partial charge in [-0.05, 0) is 12.1 Å². The average Bonchev–Trinajstić information content (AvgIpc) is 3.20. The minimum atomic E-state index is -0.699. The summed E-state index contributed by atoms with van der Waals surface area (Å²) in [5.41, 5.74) is 7.11. The number of nitrogens with zero attached hydrogens (tertiary/aromatic N) is 4. The highest BCUT2D eigenvalue weighted by Gasteiger charge is 2.27. The number of rotatable bonds is 6. The molecule has 0 radical (unpaired) electrons. The number of imidazole rings is 1. The van der Waals surface area contributed by atoms with Crippen LogP contribution in [0.15, 0.2) is 48.9 Å². The van der Waals surface area contributed by atoms with Gasteiger partial charge in [0.25, 0.3) is 0 Å². The number of nitrogens with one attached hydrogen (secondary N) is 1. The molecule has 9 nitrogen and oxygen atoms in total. The summed E-state index contributed by atoms with van der Waals surface area (Å²) >= 11 is 0. The molecule has 0 aliphatic carbocycles. The minimum Gasteiger partial charge on any atom is -0.460 e. The second-order valence-corrected chi connectivity index (χ2v) is 7.16. The van der Waals surface area contributed by atoms with Crippen LogP contribution in [0.3, 0.4) is 0 Å². The van der Waals surface area contributed by atoms with Gasteiger partial charge in [0.05, 0.1) is 12.2 Å². The summed E-state index contributed by atoms with van der Waals surface area (Å²) in [6, 6.07) is 8.44. The van der Waals surface area contributed by atoms with Crippen molar-refractivity contribution in [2.45, 2.75) is 13.0 Å². The van der Waals surface area contributed by atoms with E-state index in [1.807, 2.05) is 28.9 Å². The highest BCUT2D eigenvalue weighted by atomic mass is 19.1. The van der Waals surface area contributed by atoms with Crippen molar-refractivity contribution in [2.24, 2.45) is 5.73 Å². The normalized spacial score (nSPS) is 14.2. The number of ether oxygens (including phenoxy) is 1. The number of nitrogens with two attached hydrogens (primary N) is 1. The van der Waals surface area contributed by atoms with Gasteiger partial charge in [0.15, 0.2) is 5.82 Å². The third-order valence-corrected chi connectivity index (χ3v) is 5.04. The fraction of sp³-hybridized carbons (Fsp3) is 0.238. The number of hydrogen-bond acceptors (Lipinski definition) is 6. The molecule has 0 spiro atoms. The van der Waals surface area contributed by atoms with E-state index in [-0.39, 0.29) is 42.6 Å². The summed E-state index contributed by atoms with van der Waals surface area (Å²) in [5, 5.41) is 7.10. The Morgan fingerprint density at radius 2 is 2.10 bits per heavy atom. The molecule has 0 bridgehead atoms. The summed E-state index contributed by atoms with van der Waals surface area (Å²) in [4.78, 5) is 31.9. The zero-order chi connectivity index (χ0) is 22.0. The zero-order valence-corrected chi connectivity index (χ0v) is 16.6. The van der Waals surface area contributed by atoms with Crippen molar-refractivity contribution in [3.05, 3.63) is 60.3 Å². The molecule has 1 saturated heterocycles. The second-order valence-electron chi connectivity index (χ2n) is 7.16. The number of benzene rings is 1. The minimum absolute atomic E-state index is 0.0180. The molecule has 3 aromatic rings. The average molecular weight is 424 g/mol. The van der Waals surface area contributed by atoms with Crippen LogP contribution in [-0.4, -0.2) is 46.7 Å². The van der Waals surface area contributed by atoms with Gasteiger partial charge in [-0.2, -0.15) is 0 Å². The van der Waals surface area contributed by atoms with Crippen LogP contribution in [0.2, 0.25) is 0 Å². The molecule has 31 heavy (non-hydrogen) atoms. The summed E-state index contributed by atoms with van der Waals surface area (Å²) in [6.07, 6.45) is 5.01. The molecule has 1 aliphatic rings. The number of esters is 1. The lowest BCUT2D eigenvalue weighted by molar-refractivity contribution is -0.143. The van der Waals surface area contributed by atoms with Crippen molar-refractivity contribution >= 4 is 34.7 Å². The number of fused-ring (bicyclic) bond motifs is 1. The van der Waals surface area contributed by atoms with E-state index in [1.165, 1.54) is 6.07 Å². The van der Waals surface area contributed by atoms with Crippen LogP contribution in [0.1, 0.15) is 12.0 Å². The van der Waals surface area contributed by atoms with Crippen molar-refractivity contribution in [3.63, 3.8) is 0 Å². The first-order valence-corrected chi connectivity index (χ1v) is 9.66. The van der Waals surface area contributed by atoms with Gasteiger partial charge in [0, 0.05) is 49.0 Å². The third kappa shape index (κ3) is 4.32. The molecule has 2 aromatic heterocycles. The van der Waals surface area contributed by atoms with E-state index in [1.54, 1.807) is 28.1 Å². The first-order chi connectivity index (χ1) is 14.9. The highest BCUT2D eigenvalue weighted by molar-refractivity contribution is 5.98. The summed E-state index contributed by atoms with van der Waals surface area (Å²) in [5.74, 6) is -1.71. The van der Waals surface area contributed by atoms with Crippen LogP contribution >= 0.6 is 0 Å². The standard InChI is InChI=1S/C21H21FN6O3/c22-21-14(13-31-20(30)11-17(23)24)2-1-3-16(21)27-8-9-28(19(29)12-27)15-4-6-26-7-5-25-18(26)10-15/h1-7,10H,8-9,11-13H2,(H3,23,24). The third-order valence-electron chi connectivity index (χ3n) is 5.04. The number of carbonyl (C=O) groups is 2. The molecule has 10 heteroatoms. The largest absolute Gasteiger partial charge is 0.460 e. The molecule has 160 valence electrons. The molecule has 4 rings (SSSR count). The van der Waals surface area contributed by atoms with Gasteiger partial charge in [0.2, 0.25) is 5.91 Å². The number of piperazine rings is 1. The van der Waals surface area contributed by atoms with E-state index < -0.39 is 11.8 Å². The maximum Gasteiger partial charge on any atom is 0.313 e. The Bertz CT molecular complexity index is 1160. The Kier molecular flexibility index (Phi) is 5.52. The Morgan fingerprint density at radius 1 is 1.26 bits per heavy atom. The molecule has 1 fully saturated rings. The van der Waals surface area contributed by atoms with Crippen LogP contribution in [-0.2, 0) is 20.9 Å². The van der Waals surface area contributed by atoms with Crippen molar-refractivity contribution in [1.82, 2.24) is 9.38 Å². The topological polar surface area (TPSA) is 117 Å². The number of amides is 1. The number of anilines is 2. The molecule has 1 aliphatic heterocycles. The van der Waals surface area contributed by atoms with Crippen molar-refractivity contribution in [2.75, 3.05) is 29.4 Å². The Morgan fingerprint density at radius 3 is 2.87 bits per heavy atom. The van der Waals surface area contributed by atoms with E-state index in [0.29, 0.717) is 13.1 Å². The molecule has 0 saturated carbocycles. The summed E-state index contributed by atoms with van der Waals surface area (Å²) in [6.45, 7) is 0.580. The Balaban J connectivity index is 1.45. The van der Waals surface area contributed by atoms with Gasteiger partial charge in [-0.1, -0.05) is 12.1 Å². The van der Waals surface area contributed by atoms with Crippen molar-refractivity contribution in [1.29, 1.82) is 5.41 Å². The van der Waals surface area contributed by atoms with E-state index in [2.05, 4.69) is 4.98 Å². The second kappa shape index (κ2) is 8.42. The van der Waals surface area contributed by atoms with Gasteiger partial charge >= 0.3 is 5.97 Å². The molecule has 3 N–H and O–H groups in total. The first kappa shape index (κ1) is 20.3. The van der Waals surface area contributed by atoms with Crippen LogP contribution in [0.25, 0.3) is 5.65 Å². The maximum absolute atomic E-state index is 15.0. The van der Waals surface area contributed by atoms with Gasteiger partial charge in [-0.3, -0.25) is 15.0 Å². The van der Waals surface area contributed by atoms with Crippen molar-refractivity contribution < 1.29 is 18.7 Å². The quantitative estimate of drug-likeness (QED) is 0.353. The van der Waals surface area contributed by atoms with E-state index >= 15 is 4.39 Å². The fourth-order valence-electron chi connectivity index (χ4n) is 3.51. The molecule has 0 unspecified atom stereocenters. The van der Waals surface area contributed by atoms with Crippen LogP contribution < -0.4 is 15.5 Å². The molecule has 1 aromatic carbocycles. The van der Waals surface area contributed by atoms with Gasteiger partial charge in [-0.15, -0.1) is 0 Å². The van der Waals surface area contributed by atoms with Crippen LogP contribution in [0, 0.1) is 11.2 Å². The summed E-state index contributed by atoms with van der Waals surface area (Å²) < 4.78 is 21.9.